The summed E-state index contributed by atoms with van der Waals surface area (Å²) in [6.45, 7) is 9.59. The maximum Gasteiger partial charge on any atom is 0.308 e. The Labute approximate surface area is 121 Å². The summed E-state index contributed by atoms with van der Waals surface area (Å²) in [6.07, 6.45) is 0. The van der Waals surface area contributed by atoms with E-state index in [9.17, 15) is 4.79 Å². The highest BCUT2D eigenvalue weighted by Crippen LogP contribution is 2.31. The van der Waals surface area contributed by atoms with E-state index in [0.29, 0.717) is 18.4 Å². The van der Waals surface area contributed by atoms with Gasteiger partial charge in [-0.2, -0.15) is 0 Å². The lowest BCUT2D eigenvalue weighted by atomic mass is 9.86. The van der Waals surface area contributed by atoms with Crippen LogP contribution >= 0.6 is 0 Å². The molecule has 0 bridgehead atoms. The molecule has 1 aliphatic heterocycles. The predicted octanol–water partition coefficient (Wildman–Crippen LogP) is 2.95. The van der Waals surface area contributed by atoms with Crippen molar-refractivity contribution in [3.63, 3.8) is 0 Å². The van der Waals surface area contributed by atoms with Crippen molar-refractivity contribution in [1.82, 2.24) is 4.90 Å². The van der Waals surface area contributed by atoms with Gasteiger partial charge < -0.3 is 4.74 Å². The van der Waals surface area contributed by atoms with Crippen LogP contribution in [0.25, 0.3) is 0 Å². The van der Waals surface area contributed by atoms with Crippen molar-refractivity contribution in [2.75, 3.05) is 19.7 Å². The summed E-state index contributed by atoms with van der Waals surface area (Å²) >= 11 is 0. The van der Waals surface area contributed by atoms with Crippen LogP contribution in [-0.2, 0) is 16.1 Å². The van der Waals surface area contributed by atoms with E-state index in [2.05, 4.69) is 36.1 Å². The molecule has 0 amide bonds. The number of carbonyl (C=O) groups excluding carboxylic acids is 1. The third kappa shape index (κ3) is 3.60. The Morgan fingerprint density at radius 2 is 2.05 bits per heavy atom. The second-order valence-corrected chi connectivity index (χ2v) is 5.86. The third-order valence-electron chi connectivity index (χ3n) is 4.30. The zero-order valence-electron chi connectivity index (χ0n) is 12.7. The number of ether oxygens (including phenoxy) is 1. The maximum absolute atomic E-state index is 11.9. The van der Waals surface area contributed by atoms with Gasteiger partial charge >= 0.3 is 5.97 Å². The van der Waals surface area contributed by atoms with Crippen molar-refractivity contribution in [3.05, 3.63) is 35.9 Å². The molecule has 0 radical (unpaired) electrons. The van der Waals surface area contributed by atoms with Crippen LogP contribution in [-0.4, -0.2) is 30.6 Å². The molecule has 0 saturated carbocycles. The summed E-state index contributed by atoms with van der Waals surface area (Å²) in [5.74, 6) is 0.882. The van der Waals surface area contributed by atoms with Crippen molar-refractivity contribution in [1.29, 1.82) is 0 Å². The second-order valence-electron chi connectivity index (χ2n) is 5.86. The standard InChI is InChI=1S/C17H25NO2/c1-4-20-17(19)14(3)16-12-18(10-13(16)2)11-15-8-6-5-7-9-15/h5-9,13-14,16H,4,10-12H2,1-3H3/t13-,14+,16-/m0/s1. The molecule has 1 aliphatic rings. The van der Waals surface area contributed by atoms with Crippen molar-refractivity contribution < 1.29 is 9.53 Å². The topological polar surface area (TPSA) is 29.5 Å². The number of nitrogens with zero attached hydrogens (tertiary/aromatic N) is 1. The fourth-order valence-corrected chi connectivity index (χ4v) is 3.17. The van der Waals surface area contributed by atoms with Crippen molar-refractivity contribution in [2.24, 2.45) is 17.8 Å². The molecular formula is C17H25NO2. The highest BCUT2D eigenvalue weighted by molar-refractivity contribution is 5.72. The largest absolute Gasteiger partial charge is 0.466 e. The van der Waals surface area contributed by atoms with Crippen LogP contribution in [0.1, 0.15) is 26.3 Å². The molecule has 1 heterocycles. The zero-order valence-corrected chi connectivity index (χ0v) is 12.7. The van der Waals surface area contributed by atoms with Crippen LogP contribution in [0.2, 0.25) is 0 Å². The normalized spacial score (nSPS) is 24.6. The number of likely N-dealkylation sites (tertiary alicyclic amines) is 1. The molecular weight excluding hydrogens is 250 g/mol. The molecule has 20 heavy (non-hydrogen) atoms. The SMILES string of the molecule is CCOC(=O)[C@H](C)[C@H]1CN(Cc2ccccc2)C[C@@H]1C. The highest BCUT2D eigenvalue weighted by atomic mass is 16.5. The van der Waals surface area contributed by atoms with Gasteiger partial charge in [-0.05, 0) is 24.3 Å². The van der Waals surface area contributed by atoms with E-state index in [1.165, 1.54) is 5.56 Å². The van der Waals surface area contributed by atoms with Gasteiger partial charge in [0.25, 0.3) is 0 Å². The highest BCUT2D eigenvalue weighted by Gasteiger charge is 2.36. The van der Waals surface area contributed by atoms with E-state index >= 15 is 0 Å². The van der Waals surface area contributed by atoms with Crippen LogP contribution in [0.5, 0.6) is 0 Å². The van der Waals surface area contributed by atoms with Crippen LogP contribution in [0.3, 0.4) is 0 Å². The fraction of sp³-hybridized carbons (Fsp3) is 0.588. The number of esters is 1. The summed E-state index contributed by atoms with van der Waals surface area (Å²) in [5, 5.41) is 0. The quantitative estimate of drug-likeness (QED) is 0.774. The lowest BCUT2D eigenvalue weighted by molar-refractivity contribution is -0.149. The minimum absolute atomic E-state index is 0.00859. The van der Waals surface area contributed by atoms with Crippen molar-refractivity contribution in [2.45, 2.75) is 27.3 Å². The third-order valence-corrected chi connectivity index (χ3v) is 4.30. The molecule has 110 valence electrons. The Bertz CT molecular complexity index is 432. The molecule has 2 rings (SSSR count). The molecule has 0 spiro atoms. The molecule has 3 heteroatoms. The molecule has 1 saturated heterocycles. The van der Waals surface area contributed by atoms with Crippen LogP contribution < -0.4 is 0 Å². The smallest absolute Gasteiger partial charge is 0.308 e. The summed E-state index contributed by atoms with van der Waals surface area (Å²) in [7, 11) is 0. The molecule has 0 aromatic heterocycles. The first-order chi connectivity index (χ1) is 9.61. The van der Waals surface area contributed by atoms with Crippen molar-refractivity contribution >= 4 is 5.97 Å². The van der Waals surface area contributed by atoms with E-state index in [-0.39, 0.29) is 11.9 Å². The van der Waals surface area contributed by atoms with Gasteiger partial charge in [0.05, 0.1) is 12.5 Å². The Morgan fingerprint density at radius 1 is 1.35 bits per heavy atom. The lowest BCUT2D eigenvalue weighted by Crippen LogP contribution is -2.28. The van der Waals surface area contributed by atoms with Gasteiger partial charge in [-0.15, -0.1) is 0 Å². The molecule has 0 N–H and O–H groups in total. The van der Waals surface area contributed by atoms with Crippen LogP contribution in [0.4, 0.5) is 0 Å². The fourth-order valence-electron chi connectivity index (χ4n) is 3.17. The van der Waals surface area contributed by atoms with Crippen LogP contribution in [0, 0.1) is 17.8 Å². The summed E-state index contributed by atoms with van der Waals surface area (Å²) in [6, 6.07) is 10.5. The summed E-state index contributed by atoms with van der Waals surface area (Å²) in [5.41, 5.74) is 1.34. The molecule has 1 aromatic rings. The first kappa shape index (κ1) is 15.0. The lowest BCUT2D eigenvalue weighted by Gasteiger charge is -2.21. The van der Waals surface area contributed by atoms with Gasteiger partial charge in [-0.1, -0.05) is 44.2 Å². The average molecular weight is 275 g/mol. The number of rotatable bonds is 5. The van der Waals surface area contributed by atoms with Crippen LogP contribution in [0.15, 0.2) is 30.3 Å². The minimum atomic E-state index is -0.0501. The Morgan fingerprint density at radius 3 is 2.70 bits per heavy atom. The second kappa shape index (κ2) is 6.89. The predicted molar refractivity (Wildman–Crippen MR) is 80.2 cm³/mol. The molecule has 1 aromatic carbocycles. The van der Waals surface area contributed by atoms with Gasteiger partial charge in [0, 0.05) is 19.6 Å². The summed E-state index contributed by atoms with van der Waals surface area (Å²) < 4.78 is 5.16. The number of hydrogen-bond donors (Lipinski definition) is 0. The average Bonchev–Trinajstić information content (AvgIpc) is 2.80. The molecule has 0 aliphatic carbocycles. The molecule has 0 unspecified atom stereocenters. The van der Waals surface area contributed by atoms with Gasteiger partial charge in [0.1, 0.15) is 0 Å². The monoisotopic (exact) mass is 275 g/mol. The van der Waals surface area contributed by atoms with E-state index in [0.717, 1.165) is 19.6 Å². The minimum Gasteiger partial charge on any atom is -0.466 e. The molecule has 3 atom stereocenters. The Balaban J connectivity index is 1.93. The van der Waals surface area contributed by atoms with E-state index in [4.69, 9.17) is 4.74 Å². The van der Waals surface area contributed by atoms with E-state index in [1.807, 2.05) is 19.9 Å². The molecule has 3 nitrogen and oxygen atoms in total. The van der Waals surface area contributed by atoms with Gasteiger partial charge in [-0.3, -0.25) is 9.69 Å². The first-order valence-corrected chi connectivity index (χ1v) is 7.54. The Hall–Kier alpha value is -1.35. The van der Waals surface area contributed by atoms with Crippen molar-refractivity contribution in [3.8, 4) is 0 Å². The first-order valence-electron chi connectivity index (χ1n) is 7.54. The number of benzene rings is 1. The summed E-state index contributed by atoms with van der Waals surface area (Å²) in [4.78, 5) is 14.3. The van der Waals surface area contributed by atoms with E-state index < -0.39 is 0 Å². The van der Waals surface area contributed by atoms with E-state index in [1.54, 1.807) is 0 Å². The number of carbonyl (C=O) groups is 1. The van der Waals surface area contributed by atoms with Gasteiger partial charge in [-0.25, -0.2) is 0 Å². The molecule has 1 fully saturated rings. The number of hydrogen-bond acceptors (Lipinski definition) is 3. The zero-order chi connectivity index (χ0) is 14.5. The maximum atomic E-state index is 11.9. The van der Waals surface area contributed by atoms with Gasteiger partial charge in [0.2, 0.25) is 0 Å². The Kier molecular flexibility index (Phi) is 5.18. The van der Waals surface area contributed by atoms with Gasteiger partial charge in [0.15, 0.2) is 0 Å².